The standard InChI is InChI=1S/C4H7N2P/c5-6-4-2-1-3-7(4)6/h4H,1-3H2. The molecule has 2 heterocycles. The first kappa shape index (κ1) is 3.96. The minimum Gasteiger partial charge on any atom is -0.505 e. The van der Waals surface area contributed by atoms with Gasteiger partial charge in [0.05, 0.1) is 0 Å². The Morgan fingerprint density at radius 2 is 2.57 bits per heavy atom. The van der Waals surface area contributed by atoms with E-state index < -0.39 is 0 Å². The van der Waals surface area contributed by atoms with Crippen molar-refractivity contribution < 1.29 is 4.47 Å². The number of rotatable bonds is 0. The molecule has 3 heteroatoms. The highest BCUT2D eigenvalue weighted by Gasteiger charge is 2.55. The van der Waals surface area contributed by atoms with Crippen molar-refractivity contribution in [3.05, 3.63) is 5.53 Å². The highest BCUT2D eigenvalue weighted by atomic mass is 31.1. The van der Waals surface area contributed by atoms with Gasteiger partial charge in [0.25, 0.3) is 0 Å². The van der Waals surface area contributed by atoms with E-state index in [-0.39, 0.29) is 8.07 Å². The molecule has 0 radical (unpaired) electrons. The Morgan fingerprint density at radius 1 is 1.71 bits per heavy atom. The summed E-state index contributed by atoms with van der Waals surface area (Å²) in [5.41, 5.74) is 8.81. The summed E-state index contributed by atoms with van der Waals surface area (Å²) in [6, 6.07) is 0. The normalized spacial score (nSPS) is 46.6. The lowest BCUT2D eigenvalue weighted by atomic mass is 10.3. The first-order valence-corrected chi connectivity index (χ1v) is 4.19. The van der Waals surface area contributed by atoms with Crippen molar-refractivity contribution in [3.63, 3.8) is 0 Å². The fraction of sp³-hybridized carbons (Fsp3) is 1.00. The van der Waals surface area contributed by atoms with Crippen LogP contribution in [0.4, 0.5) is 0 Å². The lowest BCUT2D eigenvalue weighted by Crippen LogP contribution is -1.83. The van der Waals surface area contributed by atoms with Gasteiger partial charge in [0, 0.05) is 12.6 Å². The summed E-state index contributed by atoms with van der Waals surface area (Å²) in [6.45, 7) is 0. The zero-order valence-corrected chi connectivity index (χ0v) is 4.93. The summed E-state index contributed by atoms with van der Waals surface area (Å²) >= 11 is 0. The van der Waals surface area contributed by atoms with Crippen LogP contribution in [-0.4, -0.2) is 16.4 Å². The molecule has 0 aromatic heterocycles. The molecule has 0 saturated carbocycles. The number of hydrogen-bond donors (Lipinski definition) is 0. The molecule has 2 fully saturated rings. The van der Waals surface area contributed by atoms with Crippen LogP contribution in [0.25, 0.3) is 5.53 Å². The second-order valence-corrected chi connectivity index (χ2v) is 4.44. The van der Waals surface area contributed by atoms with Gasteiger partial charge in [-0.15, -0.1) is 0 Å². The van der Waals surface area contributed by atoms with Gasteiger partial charge < -0.3 is 5.53 Å². The summed E-state index contributed by atoms with van der Waals surface area (Å²) in [4.78, 5) is 0. The summed E-state index contributed by atoms with van der Waals surface area (Å²) in [7, 11) is 0.0293. The molecule has 0 aromatic carbocycles. The van der Waals surface area contributed by atoms with E-state index in [2.05, 4.69) is 0 Å². The van der Waals surface area contributed by atoms with E-state index in [1.165, 1.54) is 19.0 Å². The van der Waals surface area contributed by atoms with Crippen LogP contribution in [0.15, 0.2) is 0 Å². The van der Waals surface area contributed by atoms with Crippen LogP contribution >= 0.6 is 8.07 Å². The molecule has 2 unspecified atom stereocenters. The molecule has 2 aliphatic heterocycles. The monoisotopic (exact) mass is 114 g/mol. The van der Waals surface area contributed by atoms with E-state index in [1.807, 2.05) is 0 Å². The SMILES string of the molecule is [N-]=[N+]1C2CCCP21. The third-order valence-corrected chi connectivity index (χ3v) is 4.18. The van der Waals surface area contributed by atoms with Crippen molar-refractivity contribution in [2.24, 2.45) is 0 Å². The maximum Gasteiger partial charge on any atom is 0.239 e. The van der Waals surface area contributed by atoms with Crippen LogP contribution in [0, 0.1) is 0 Å². The second-order valence-electron chi connectivity index (χ2n) is 2.11. The Hall–Kier alpha value is 0.0300. The van der Waals surface area contributed by atoms with Crippen molar-refractivity contribution in [1.82, 2.24) is 0 Å². The van der Waals surface area contributed by atoms with Gasteiger partial charge in [-0.05, 0) is 6.42 Å². The third kappa shape index (κ3) is 0.381. The Bertz CT molecular complexity index is 111. The molecule has 0 amide bonds. The van der Waals surface area contributed by atoms with E-state index in [0.717, 1.165) is 0 Å². The van der Waals surface area contributed by atoms with Gasteiger partial charge >= 0.3 is 0 Å². The molecule has 2 aliphatic rings. The average molecular weight is 114 g/mol. The Morgan fingerprint density at radius 3 is 2.86 bits per heavy atom. The van der Waals surface area contributed by atoms with Gasteiger partial charge in [0.1, 0.15) is 0 Å². The first-order valence-electron chi connectivity index (χ1n) is 2.64. The molecule has 0 N–H and O–H groups in total. The van der Waals surface area contributed by atoms with Crippen molar-refractivity contribution in [1.29, 1.82) is 0 Å². The summed E-state index contributed by atoms with van der Waals surface area (Å²) in [6.07, 6.45) is 3.89. The minimum atomic E-state index is 0.0293. The molecule has 38 valence electrons. The molecule has 2 rings (SSSR count). The van der Waals surface area contributed by atoms with Gasteiger partial charge in [-0.1, -0.05) is 0 Å². The molecule has 0 aromatic rings. The predicted molar refractivity (Wildman–Crippen MR) is 28.4 cm³/mol. The summed E-state index contributed by atoms with van der Waals surface area (Å²) in [5.74, 6) is 0.634. The van der Waals surface area contributed by atoms with Gasteiger partial charge in [-0.2, -0.15) is 0 Å². The Labute approximate surface area is 43.8 Å². The number of hydrogen-bond acceptors (Lipinski definition) is 0. The average Bonchev–Trinajstić information content (AvgIpc) is 2.26. The summed E-state index contributed by atoms with van der Waals surface area (Å²) < 4.78 is 1.54. The molecule has 2 nitrogen and oxygen atoms in total. The van der Waals surface area contributed by atoms with Gasteiger partial charge in [0.15, 0.2) is 0 Å². The lowest BCUT2D eigenvalue weighted by molar-refractivity contribution is -0.318. The van der Waals surface area contributed by atoms with Crippen LogP contribution in [0.5, 0.6) is 0 Å². The third-order valence-electron chi connectivity index (χ3n) is 1.67. The molecule has 7 heavy (non-hydrogen) atoms. The fourth-order valence-corrected chi connectivity index (χ4v) is 3.49. The van der Waals surface area contributed by atoms with Crippen molar-refractivity contribution in [2.75, 3.05) is 6.16 Å². The zero-order chi connectivity index (χ0) is 4.85. The molecular weight excluding hydrogens is 107 g/mol. The van der Waals surface area contributed by atoms with E-state index >= 15 is 0 Å². The van der Waals surface area contributed by atoms with Crippen LogP contribution in [-0.2, 0) is 0 Å². The van der Waals surface area contributed by atoms with E-state index in [0.29, 0.717) is 5.78 Å². The lowest BCUT2D eigenvalue weighted by Gasteiger charge is -1.83. The Kier molecular flexibility index (Phi) is 0.597. The minimum absolute atomic E-state index is 0.0293. The van der Waals surface area contributed by atoms with E-state index in [9.17, 15) is 0 Å². The van der Waals surface area contributed by atoms with Crippen LogP contribution in [0.3, 0.4) is 0 Å². The van der Waals surface area contributed by atoms with Crippen molar-refractivity contribution in [2.45, 2.75) is 18.6 Å². The van der Waals surface area contributed by atoms with E-state index in [4.69, 9.17) is 5.53 Å². The van der Waals surface area contributed by atoms with Crippen LogP contribution in [0.2, 0.25) is 0 Å². The van der Waals surface area contributed by atoms with Crippen molar-refractivity contribution in [3.8, 4) is 0 Å². The van der Waals surface area contributed by atoms with E-state index in [1.54, 1.807) is 4.47 Å². The molecule has 0 aliphatic carbocycles. The Balaban J connectivity index is 2.19. The maximum absolute atomic E-state index is 8.81. The molecule has 0 spiro atoms. The van der Waals surface area contributed by atoms with Crippen LogP contribution in [0.1, 0.15) is 12.8 Å². The quantitative estimate of drug-likeness (QED) is 0.337. The first-order chi connectivity index (χ1) is 3.39. The van der Waals surface area contributed by atoms with Gasteiger partial charge in [-0.3, -0.25) is 4.47 Å². The number of fused-ring (bicyclic) bond motifs is 1. The van der Waals surface area contributed by atoms with Crippen molar-refractivity contribution >= 4 is 8.07 Å². The predicted octanol–water partition coefficient (Wildman–Crippen LogP) is 1.55. The smallest absolute Gasteiger partial charge is 0.239 e. The highest BCUT2D eigenvalue weighted by molar-refractivity contribution is 7.57. The topological polar surface area (TPSA) is 25.3 Å². The second kappa shape index (κ2) is 1.05. The molecular formula is C4H7N2P. The molecule has 2 saturated heterocycles. The fourth-order valence-electron chi connectivity index (χ4n) is 1.19. The maximum atomic E-state index is 8.81. The molecule has 2 atom stereocenters. The largest absolute Gasteiger partial charge is 0.505 e. The summed E-state index contributed by atoms with van der Waals surface area (Å²) in [5, 5.41) is 0. The zero-order valence-electron chi connectivity index (χ0n) is 4.04. The van der Waals surface area contributed by atoms with Gasteiger partial charge in [-0.25, -0.2) is 0 Å². The highest BCUT2D eigenvalue weighted by Crippen LogP contribution is 2.66. The van der Waals surface area contributed by atoms with Gasteiger partial charge in [0.2, 0.25) is 13.9 Å². The number of nitrogens with zero attached hydrogens (tertiary/aromatic N) is 2. The van der Waals surface area contributed by atoms with Crippen LogP contribution < -0.4 is 0 Å². The molecule has 0 bridgehead atoms.